The topological polar surface area (TPSA) is 86.8 Å². The number of amides is 2. The van der Waals surface area contributed by atoms with Crippen LogP contribution in [0.1, 0.15) is 64.2 Å². The molecular formula is C32H39Cl2N3O4S. The Morgan fingerprint density at radius 2 is 1.48 bits per heavy atom. The van der Waals surface area contributed by atoms with E-state index in [1.54, 1.807) is 49.4 Å². The number of aryl methyl sites for hydroxylation is 1. The van der Waals surface area contributed by atoms with E-state index in [-0.39, 0.29) is 23.3 Å². The summed E-state index contributed by atoms with van der Waals surface area (Å²) in [5.41, 5.74) is 2.38. The zero-order valence-corrected chi connectivity index (χ0v) is 27.4. The molecule has 3 rings (SSSR count). The maximum atomic E-state index is 14.1. The van der Waals surface area contributed by atoms with Crippen LogP contribution >= 0.6 is 23.2 Å². The summed E-state index contributed by atoms with van der Waals surface area (Å²) >= 11 is 12.3. The third-order valence-electron chi connectivity index (χ3n) is 6.74. The molecule has 0 saturated heterocycles. The van der Waals surface area contributed by atoms with E-state index in [1.807, 2.05) is 53.7 Å². The van der Waals surface area contributed by atoms with Crippen LogP contribution in [0, 0.1) is 6.92 Å². The highest BCUT2D eigenvalue weighted by molar-refractivity contribution is 7.92. The summed E-state index contributed by atoms with van der Waals surface area (Å²) in [6.45, 7) is 12.6. The summed E-state index contributed by atoms with van der Waals surface area (Å²) < 4.78 is 29.1. The zero-order chi connectivity index (χ0) is 31.4. The van der Waals surface area contributed by atoms with Crippen molar-refractivity contribution in [3.05, 3.63) is 93.5 Å². The second kappa shape index (κ2) is 13.5. The molecule has 0 aliphatic heterocycles. The van der Waals surface area contributed by atoms with Crippen molar-refractivity contribution in [3.63, 3.8) is 0 Å². The first-order valence-electron chi connectivity index (χ1n) is 13.7. The molecule has 0 radical (unpaired) electrons. The van der Waals surface area contributed by atoms with Gasteiger partial charge in [0.1, 0.15) is 12.6 Å². The van der Waals surface area contributed by atoms with Gasteiger partial charge in [-0.3, -0.25) is 13.9 Å². The minimum atomic E-state index is -4.15. The van der Waals surface area contributed by atoms with Crippen molar-refractivity contribution in [3.8, 4) is 0 Å². The number of hydrogen-bond acceptors (Lipinski definition) is 4. The fourth-order valence-electron chi connectivity index (χ4n) is 4.28. The number of nitrogens with zero attached hydrogens (tertiary/aromatic N) is 2. The number of halogens is 2. The van der Waals surface area contributed by atoms with Gasteiger partial charge in [-0.15, -0.1) is 0 Å². The highest BCUT2D eigenvalue weighted by Crippen LogP contribution is 2.28. The Balaban J connectivity index is 2.07. The Morgan fingerprint density at radius 3 is 2.00 bits per heavy atom. The molecule has 3 aromatic rings. The lowest BCUT2D eigenvalue weighted by atomic mass is 10.0. The Labute approximate surface area is 259 Å². The van der Waals surface area contributed by atoms with Gasteiger partial charge in [-0.1, -0.05) is 72.9 Å². The van der Waals surface area contributed by atoms with Gasteiger partial charge >= 0.3 is 0 Å². The molecule has 0 aromatic heterocycles. The van der Waals surface area contributed by atoms with Gasteiger partial charge in [-0.05, 0) is 88.1 Å². The minimum Gasteiger partial charge on any atom is -0.350 e. The Kier molecular flexibility index (Phi) is 10.7. The van der Waals surface area contributed by atoms with E-state index in [2.05, 4.69) is 5.32 Å². The van der Waals surface area contributed by atoms with Gasteiger partial charge in [0.2, 0.25) is 11.8 Å². The Morgan fingerprint density at radius 1 is 0.881 bits per heavy atom. The summed E-state index contributed by atoms with van der Waals surface area (Å²) in [5.74, 6) is -0.682. The molecule has 0 unspecified atom stereocenters. The molecule has 7 nitrogen and oxygen atoms in total. The van der Waals surface area contributed by atoms with Crippen LogP contribution in [-0.2, 0) is 26.2 Å². The second-order valence-corrected chi connectivity index (χ2v) is 14.4. The van der Waals surface area contributed by atoms with Crippen LogP contribution in [0.15, 0.2) is 71.6 Å². The maximum absolute atomic E-state index is 14.1. The van der Waals surface area contributed by atoms with Crippen LogP contribution in [0.4, 0.5) is 5.69 Å². The predicted molar refractivity (Wildman–Crippen MR) is 171 cm³/mol. The quantitative estimate of drug-likeness (QED) is 0.262. The van der Waals surface area contributed by atoms with E-state index >= 15 is 0 Å². The largest absolute Gasteiger partial charge is 0.350 e. The fourth-order valence-corrected chi connectivity index (χ4v) is 6.02. The molecule has 0 fully saturated rings. The molecule has 0 heterocycles. The van der Waals surface area contributed by atoms with Crippen molar-refractivity contribution < 1.29 is 18.0 Å². The van der Waals surface area contributed by atoms with E-state index in [0.717, 1.165) is 15.4 Å². The molecule has 0 spiro atoms. The minimum absolute atomic E-state index is 0.0131. The summed E-state index contributed by atoms with van der Waals surface area (Å²) in [5, 5.41) is 3.58. The number of hydrogen-bond donors (Lipinski definition) is 1. The van der Waals surface area contributed by atoms with E-state index in [0.29, 0.717) is 21.3 Å². The Bertz CT molecular complexity index is 1520. The average molecular weight is 633 g/mol. The summed E-state index contributed by atoms with van der Waals surface area (Å²) in [7, 11) is -4.15. The molecule has 0 aliphatic carbocycles. The maximum Gasteiger partial charge on any atom is 0.264 e. The van der Waals surface area contributed by atoms with Gasteiger partial charge < -0.3 is 10.2 Å². The molecule has 1 N–H and O–H groups in total. The van der Waals surface area contributed by atoms with Gasteiger partial charge in [0.05, 0.1) is 20.6 Å². The van der Waals surface area contributed by atoms with Crippen molar-refractivity contribution in [1.29, 1.82) is 0 Å². The van der Waals surface area contributed by atoms with Crippen LogP contribution in [-0.4, -0.2) is 43.3 Å². The highest BCUT2D eigenvalue weighted by atomic mass is 35.5. The molecular weight excluding hydrogens is 593 g/mol. The van der Waals surface area contributed by atoms with E-state index < -0.39 is 34.1 Å². The molecule has 0 saturated carbocycles. The zero-order valence-electron chi connectivity index (χ0n) is 25.1. The van der Waals surface area contributed by atoms with E-state index in [9.17, 15) is 18.0 Å². The van der Waals surface area contributed by atoms with Crippen molar-refractivity contribution in [2.24, 2.45) is 0 Å². The molecule has 42 heavy (non-hydrogen) atoms. The van der Waals surface area contributed by atoms with Crippen LogP contribution in [0.25, 0.3) is 0 Å². The number of rotatable bonds is 10. The molecule has 3 aromatic carbocycles. The first kappa shape index (κ1) is 33.4. The lowest BCUT2D eigenvalue weighted by molar-refractivity contribution is -0.140. The number of sulfonamides is 1. The molecule has 0 aliphatic rings. The van der Waals surface area contributed by atoms with E-state index in [4.69, 9.17) is 23.2 Å². The van der Waals surface area contributed by atoms with Gasteiger partial charge in [0, 0.05) is 12.1 Å². The normalized spacial score (nSPS) is 12.6. The lowest BCUT2D eigenvalue weighted by Gasteiger charge is -2.33. The first-order chi connectivity index (χ1) is 19.5. The second-order valence-electron chi connectivity index (χ2n) is 11.8. The first-order valence-corrected chi connectivity index (χ1v) is 15.9. The summed E-state index contributed by atoms with van der Waals surface area (Å²) in [6, 6.07) is 17.6. The van der Waals surface area contributed by atoms with Crippen LogP contribution in [0.3, 0.4) is 0 Å². The van der Waals surface area contributed by atoms with Gasteiger partial charge in [0.25, 0.3) is 10.0 Å². The predicted octanol–water partition coefficient (Wildman–Crippen LogP) is 6.95. The SMILES string of the molecule is Cc1ccc(S(=O)(=O)N(CC(=O)N(Cc2ccc(Cl)c(Cl)c2)[C@@H](C)C(=O)NC(C)(C)C)c2ccc(C(C)C)cc2)cc1. The smallest absolute Gasteiger partial charge is 0.264 e. The van der Waals surface area contributed by atoms with Crippen LogP contribution in [0.2, 0.25) is 10.0 Å². The Hall–Kier alpha value is -3.07. The van der Waals surface area contributed by atoms with E-state index in [1.165, 1.54) is 17.0 Å². The average Bonchev–Trinajstić information content (AvgIpc) is 2.91. The molecule has 226 valence electrons. The van der Waals surface area contributed by atoms with Crippen molar-refractivity contribution in [2.45, 2.75) is 77.4 Å². The highest BCUT2D eigenvalue weighted by Gasteiger charge is 2.33. The standard InChI is InChI=1S/C32H39Cl2N3O4S/c1-21(2)25-11-13-26(14-12-25)37(42(40,41)27-15-8-22(3)9-16-27)20-30(38)36(23(4)31(39)35-32(5,6)7)19-24-10-17-28(33)29(34)18-24/h8-18,21,23H,19-20H2,1-7H3,(H,35,39)/t23-/m0/s1. The van der Waals surface area contributed by atoms with Gasteiger partial charge in [-0.25, -0.2) is 8.42 Å². The van der Waals surface area contributed by atoms with Crippen LogP contribution < -0.4 is 9.62 Å². The number of carbonyl (C=O) groups is 2. The fraction of sp³-hybridized carbons (Fsp3) is 0.375. The molecule has 10 heteroatoms. The third kappa shape index (κ3) is 8.49. The molecule has 1 atom stereocenters. The van der Waals surface area contributed by atoms with Gasteiger partial charge in [0.15, 0.2) is 0 Å². The lowest BCUT2D eigenvalue weighted by Crippen LogP contribution is -2.54. The summed E-state index contributed by atoms with van der Waals surface area (Å²) in [6.07, 6.45) is 0. The number of nitrogens with one attached hydrogen (secondary N) is 1. The van der Waals surface area contributed by atoms with Crippen molar-refractivity contribution >= 4 is 50.7 Å². The van der Waals surface area contributed by atoms with Crippen molar-refractivity contribution in [2.75, 3.05) is 10.8 Å². The van der Waals surface area contributed by atoms with Crippen molar-refractivity contribution in [1.82, 2.24) is 10.2 Å². The van der Waals surface area contributed by atoms with Gasteiger partial charge in [-0.2, -0.15) is 0 Å². The monoisotopic (exact) mass is 631 g/mol. The number of benzene rings is 3. The van der Waals surface area contributed by atoms with Crippen LogP contribution in [0.5, 0.6) is 0 Å². The molecule has 0 bridgehead atoms. The number of carbonyl (C=O) groups excluding carboxylic acids is 2. The summed E-state index contributed by atoms with van der Waals surface area (Å²) in [4.78, 5) is 28.7. The molecule has 2 amide bonds. The third-order valence-corrected chi connectivity index (χ3v) is 9.27. The number of anilines is 1.